The Hall–Kier alpha value is -0.770. The van der Waals surface area contributed by atoms with E-state index in [1.165, 1.54) is 25.7 Å². The van der Waals surface area contributed by atoms with Crippen LogP contribution in [-0.2, 0) is 0 Å². The van der Waals surface area contributed by atoms with Crippen LogP contribution in [0.4, 0.5) is 5.82 Å². The van der Waals surface area contributed by atoms with Crippen LogP contribution in [0.15, 0.2) is 17.2 Å². The average molecular weight is 265 g/mol. The van der Waals surface area contributed by atoms with Crippen LogP contribution >= 0.6 is 11.8 Å². The van der Waals surface area contributed by atoms with Crippen molar-refractivity contribution >= 4 is 17.6 Å². The van der Waals surface area contributed by atoms with E-state index in [-0.39, 0.29) is 0 Å². The first-order valence-corrected chi connectivity index (χ1v) is 8.13. The molecular formula is C14H23N3S. The molecule has 0 bridgehead atoms. The predicted octanol–water partition coefficient (Wildman–Crippen LogP) is 3.60. The molecule has 1 saturated heterocycles. The molecule has 4 heteroatoms. The van der Waals surface area contributed by atoms with Gasteiger partial charge in [-0.2, -0.15) is 0 Å². The van der Waals surface area contributed by atoms with Crippen molar-refractivity contribution in [2.24, 2.45) is 5.92 Å². The summed E-state index contributed by atoms with van der Waals surface area (Å²) in [5.74, 6) is 1.80. The summed E-state index contributed by atoms with van der Waals surface area (Å²) in [7, 11) is 0. The maximum atomic E-state index is 4.38. The summed E-state index contributed by atoms with van der Waals surface area (Å²) in [6.07, 6.45) is 7.18. The van der Waals surface area contributed by atoms with E-state index in [9.17, 15) is 0 Å². The van der Waals surface area contributed by atoms with Crippen LogP contribution < -0.4 is 4.90 Å². The molecule has 1 aliphatic heterocycles. The van der Waals surface area contributed by atoms with Crippen LogP contribution in [0, 0.1) is 5.92 Å². The van der Waals surface area contributed by atoms with Gasteiger partial charge in [0.1, 0.15) is 5.03 Å². The predicted molar refractivity (Wildman–Crippen MR) is 78.3 cm³/mol. The summed E-state index contributed by atoms with van der Waals surface area (Å²) in [6.45, 7) is 5.77. The van der Waals surface area contributed by atoms with E-state index in [0.29, 0.717) is 6.04 Å². The summed E-state index contributed by atoms with van der Waals surface area (Å²) in [5.41, 5.74) is 0. The minimum atomic E-state index is 0.652. The van der Waals surface area contributed by atoms with E-state index in [4.69, 9.17) is 0 Å². The molecule has 1 aromatic heterocycles. The van der Waals surface area contributed by atoms with Crippen molar-refractivity contribution in [3.63, 3.8) is 0 Å². The molecule has 2 unspecified atom stereocenters. The molecule has 0 N–H and O–H groups in total. The van der Waals surface area contributed by atoms with Crippen LogP contribution in [0.3, 0.4) is 0 Å². The zero-order valence-electron chi connectivity index (χ0n) is 11.6. The average Bonchev–Trinajstić information content (AvgIpc) is 2.88. The SMILES string of the molecule is CCCC(C)C1CCCN1c1ccc(SC)nn1. The van der Waals surface area contributed by atoms with E-state index < -0.39 is 0 Å². The number of hydrogen-bond acceptors (Lipinski definition) is 4. The van der Waals surface area contributed by atoms with E-state index >= 15 is 0 Å². The van der Waals surface area contributed by atoms with Crippen LogP contribution in [-0.4, -0.2) is 29.0 Å². The summed E-state index contributed by atoms with van der Waals surface area (Å²) in [5, 5.41) is 9.63. The van der Waals surface area contributed by atoms with Crippen LogP contribution in [0.1, 0.15) is 39.5 Å². The van der Waals surface area contributed by atoms with Crippen LogP contribution in [0.2, 0.25) is 0 Å². The van der Waals surface area contributed by atoms with Gasteiger partial charge in [-0.05, 0) is 43.6 Å². The van der Waals surface area contributed by atoms with Crippen molar-refractivity contribution in [3.8, 4) is 0 Å². The summed E-state index contributed by atoms with van der Waals surface area (Å²) < 4.78 is 0. The fraction of sp³-hybridized carbons (Fsp3) is 0.714. The lowest BCUT2D eigenvalue weighted by Crippen LogP contribution is -2.35. The maximum absolute atomic E-state index is 4.38. The Kier molecular flexibility index (Phi) is 4.87. The number of nitrogens with zero attached hydrogens (tertiary/aromatic N) is 3. The van der Waals surface area contributed by atoms with Gasteiger partial charge in [0.05, 0.1) is 0 Å². The number of rotatable bonds is 5. The van der Waals surface area contributed by atoms with Crippen LogP contribution in [0.5, 0.6) is 0 Å². The first-order chi connectivity index (χ1) is 8.76. The third-order valence-corrected chi connectivity index (χ3v) is 4.47. The Bertz CT molecular complexity index is 366. The Labute approximate surface area is 114 Å². The molecular weight excluding hydrogens is 242 g/mol. The highest BCUT2D eigenvalue weighted by Gasteiger charge is 2.29. The van der Waals surface area contributed by atoms with Gasteiger partial charge in [-0.3, -0.25) is 0 Å². The largest absolute Gasteiger partial charge is 0.352 e. The second kappa shape index (κ2) is 6.41. The summed E-state index contributed by atoms with van der Waals surface area (Å²) >= 11 is 1.64. The minimum Gasteiger partial charge on any atom is -0.352 e. The quantitative estimate of drug-likeness (QED) is 0.761. The van der Waals surface area contributed by atoms with E-state index in [2.05, 4.69) is 41.1 Å². The topological polar surface area (TPSA) is 29.0 Å². The number of hydrogen-bond donors (Lipinski definition) is 0. The van der Waals surface area contributed by atoms with Crippen LogP contribution in [0.25, 0.3) is 0 Å². The Morgan fingerprint density at radius 1 is 1.44 bits per heavy atom. The highest BCUT2D eigenvalue weighted by Crippen LogP contribution is 2.30. The van der Waals surface area contributed by atoms with E-state index in [1.807, 2.05) is 6.26 Å². The van der Waals surface area contributed by atoms with Gasteiger partial charge < -0.3 is 4.90 Å². The molecule has 2 atom stereocenters. The molecule has 1 fully saturated rings. The zero-order chi connectivity index (χ0) is 13.0. The van der Waals surface area contributed by atoms with Gasteiger partial charge in [0.25, 0.3) is 0 Å². The third kappa shape index (κ3) is 2.97. The molecule has 1 aliphatic rings. The van der Waals surface area contributed by atoms with E-state index in [1.54, 1.807) is 11.8 Å². The lowest BCUT2D eigenvalue weighted by atomic mass is 9.95. The van der Waals surface area contributed by atoms with Crippen molar-refractivity contribution in [2.75, 3.05) is 17.7 Å². The molecule has 0 aliphatic carbocycles. The Morgan fingerprint density at radius 3 is 2.89 bits per heavy atom. The van der Waals surface area contributed by atoms with Gasteiger partial charge in [0, 0.05) is 12.6 Å². The van der Waals surface area contributed by atoms with Gasteiger partial charge >= 0.3 is 0 Å². The third-order valence-electron chi connectivity index (χ3n) is 3.83. The smallest absolute Gasteiger partial charge is 0.151 e. The highest BCUT2D eigenvalue weighted by molar-refractivity contribution is 7.98. The van der Waals surface area contributed by atoms with Crippen molar-refractivity contribution in [1.82, 2.24) is 10.2 Å². The van der Waals surface area contributed by atoms with Crippen molar-refractivity contribution in [3.05, 3.63) is 12.1 Å². The highest BCUT2D eigenvalue weighted by atomic mass is 32.2. The molecule has 0 spiro atoms. The number of anilines is 1. The molecule has 2 heterocycles. The maximum Gasteiger partial charge on any atom is 0.151 e. The standard InChI is InChI=1S/C14H23N3S/c1-4-6-11(2)12-7-5-10-17(12)13-8-9-14(18-3)16-15-13/h8-9,11-12H,4-7,10H2,1-3H3. The molecule has 0 amide bonds. The molecule has 0 saturated carbocycles. The molecule has 0 radical (unpaired) electrons. The molecule has 0 aromatic carbocycles. The normalized spacial score (nSPS) is 21.3. The van der Waals surface area contributed by atoms with Gasteiger partial charge in [0.2, 0.25) is 0 Å². The lowest BCUT2D eigenvalue weighted by Gasteiger charge is -2.30. The van der Waals surface area contributed by atoms with E-state index in [0.717, 1.165) is 23.3 Å². The monoisotopic (exact) mass is 265 g/mol. The molecule has 3 nitrogen and oxygen atoms in total. The molecule has 1 aromatic rings. The van der Waals surface area contributed by atoms with Crippen molar-refractivity contribution in [2.45, 2.75) is 50.6 Å². The Morgan fingerprint density at radius 2 is 2.28 bits per heavy atom. The molecule has 100 valence electrons. The van der Waals surface area contributed by atoms with Gasteiger partial charge in [-0.1, -0.05) is 20.3 Å². The minimum absolute atomic E-state index is 0.652. The first-order valence-electron chi connectivity index (χ1n) is 6.90. The Balaban J connectivity index is 2.10. The van der Waals surface area contributed by atoms with Gasteiger partial charge in [0.15, 0.2) is 5.82 Å². The van der Waals surface area contributed by atoms with Gasteiger partial charge in [-0.25, -0.2) is 0 Å². The summed E-state index contributed by atoms with van der Waals surface area (Å²) in [4.78, 5) is 2.46. The fourth-order valence-corrected chi connectivity index (χ4v) is 3.22. The lowest BCUT2D eigenvalue weighted by molar-refractivity contribution is 0.419. The molecule has 2 rings (SSSR count). The van der Waals surface area contributed by atoms with Gasteiger partial charge in [-0.15, -0.1) is 22.0 Å². The zero-order valence-corrected chi connectivity index (χ0v) is 12.4. The number of thioether (sulfide) groups is 1. The second-order valence-corrected chi connectivity index (χ2v) is 5.93. The van der Waals surface area contributed by atoms with Crippen molar-refractivity contribution in [1.29, 1.82) is 0 Å². The first kappa shape index (κ1) is 13.7. The molecule has 18 heavy (non-hydrogen) atoms. The van der Waals surface area contributed by atoms with Crippen molar-refractivity contribution < 1.29 is 0 Å². The fourth-order valence-electron chi connectivity index (χ4n) is 2.89. The summed E-state index contributed by atoms with van der Waals surface area (Å²) in [6, 6.07) is 4.85. The second-order valence-electron chi connectivity index (χ2n) is 5.10. The number of aromatic nitrogens is 2.